The number of benzene rings is 3. The minimum absolute atomic E-state index is 0.115. The molecule has 0 saturated heterocycles. The summed E-state index contributed by atoms with van der Waals surface area (Å²) in [5, 5.41) is 6.37. The highest BCUT2D eigenvalue weighted by Crippen LogP contribution is 2.37. The quantitative estimate of drug-likeness (QED) is 0.434. The van der Waals surface area contributed by atoms with Crippen molar-refractivity contribution >= 4 is 29.4 Å². The van der Waals surface area contributed by atoms with Crippen molar-refractivity contribution in [3.05, 3.63) is 118 Å². The standard InChI is InChI=1S/C30H28ClFN4O3/c1-2-35-25-18-36(29(38)26(25)27(34-30(35)39)21-11-13-22(31)14-12-21)24(16-19-7-4-3-5-8-19)28(37)33-17-20-9-6-10-23(32)15-20/h3-15,24,27H,2,16-18H2,1H3,(H,33,37)(H,34,39). The Bertz CT molecular complexity index is 1430. The molecule has 4 amide bonds. The fourth-order valence-electron chi connectivity index (χ4n) is 5.14. The van der Waals surface area contributed by atoms with Crippen LogP contribution < -0.4 is 10.6 Å². The lowest BCUT2D eigenvalue weighted by molar-refractivity contribution is -0.136. The van der Waals surface area contributed by atoms with E-state index in [1.807, 2.05) is 37.3 Å². The molecule has 2 aliphatic rings. The van der Waals surface area contributed by atoms with Crippen molar-refractivity contribution in [2.75, 3.05) is 13.1 Å². The van der Waals surface area contributed by atoms with Gasteiger partial charge in [-0.05, 0) is 47.9 Å². The first-order chi connectivity index (χ1) is 18.9. The smallest absolute Gasteiger partial charge is 0.322 e. The highest BCUT2D eigenvalue weighted by molar-refractivity contribution is 6.30. The zero-order valence-electron chi connectivity index (χ0n) is 21.4. The van der Waals surface area contributed by atoms with E-state index in [0.29, 0.717) is 28.4 Å². The number of carbonyl (C=O) groups excluding carboxylic acids is 3. The van der Waals surface area contributed by atoms with E-state index in [-0.39, 0.29) is 43.2 Å². The summed E-state index contributed by atoms with van der Waals surface area (Å²) in [5.74, 6) is -1.06. The maximum atomic E-state index is 14.0. The molecule has 3 aromatic carbocycles. The summed E-state index contributed by atoms with van der Waals surface area (Å²) in [7, 11) is 0. The lowest BCUT2D eigenvalue weighted by atomic mass is 9.95. The topological polar surface area (TPSA) is 81.8 Å². The van der Waals surface area contributed by atoms with Crippen LogP contribution in [-0.4, -0.2) is 46.8 Å². The number of hydrogen-bond donors (Lipinski definition) is 2. The average Bonchev–Trinajstić information content (AvgIpc) is 3.27. The van der Waals surface area contributed by atoms with Crippen molar-refractivity contribution in [3.63, 3.8) is 0 Å². The molecule has 5 rings (SSSR count). The summed E-state index contributed by atoms with van der Waals surface area (Å²) in [6.07, 6.45) is 0.279. The first kappa shape index (κ1) is 26.4. The van der Waals surface area contributed by atoms with Gasteiger partial charge in [-0.15, -0.1) is 0 Å². The lowest BCUT2D eigenvalue weighted by Crippen LogP contribution is -2.49. The highest BCUT2D eigenvalue weighted by Gasteiger charge is 2.46. The van der Waals surface area contributed by atoms with Crippen LogP contribution in [0.3, 0.4) is 0 Å². The van der Waals surface area contributed by atoms with Crippen LogP contribution in [0.25, 0.3) is 0 Å². The largest absolute Gasteiger partial charge is 0.350 e. The Kier molecular flexibility index (Phi) is 7.65. The van der Waals surface area contributed by atoms with Crippen molar-refractivity contribution < 1.29 is 18.8 Å². The zero-order valence-corrected chi connectivity index (χ0v) is 22.1. The number of rotatable bonds is 8. The molecule has 2 N–H and O–H groups in total. The van der Waals surface area contributed by atoms with Gasteiger partial charge in [0.15, 0.2) is 0 Å². The number of nitrogens with one attached hydrogen (secondary N) is 2. The summed E-state index contributed by atoms with van der Waals surface area (Å²) in [4.78, 5) is 43.8. The SMILES string of the molecule is CCN1C(=O)NC(c2ccc(Cl)cc2)C2=C1CN(C(Cc1ccccc1)C(=O)NCc1cccc(F)c1)C2=O. The normalized spacial score (nSPS) is 17.7. The van der Waals surface area contributed by atoms with Crippen LogP contribution in [0.2, 0.25) is 5.02 Å². The average molecular weight is 547 g/mol. The second-order valence-electron chi connectivity index (χ2n) is 9.52. The maximum Gasteiger partial charge on any atom is 0.322 e. The van der Waals surface area contributed by atoms with Crippen molar-refractivity contribution in [3.8, 4) is 0 Å². The van der Waals surface area contributed by atoms with Gasteiger partial charge in [0.25, 0.3) is 5.91 Å². The second kappa shape index (κ2) is 11.3. The molecule has 200 valence electrons. The third kappa shape index (κ3) is 5.52. The van der Waals surface area contributed by atoms with E-state index < -0.39 is 12.1 Å². The Balaban J connectivity index is 1.46. The van der Waals surface area contributed by atoms with E-state index in [0.717, 1.165) is 11.1 Å². The second-order valence-corrected chi connectivity index (χ2v) is 9.96. The third-order valence-corrected chi connectivity index (χ3v) is 7.33. The van der Waals surface area contributed by atoms with E-state index in [2.05, 4.69) is 10.6 Å². The van der Waals surface area contributed by atoms with Crippen molar-refractivity contribution in [2.24, 2.45) is 0 Å². The molecule has 39 heavy (non-hydrogen) atoms. The number of hydrogen-bond acceptors (Lipinski definition) is 3. The molecule has 9 heteroatoms. The highest BCUT2D eigenvalue weighted by atomic mass is 35.5. The fraction of sp³-hybridized carbons (Fsp3) is 0.233. The molecule has 2 heterocycles. The molecule has 0 saturated carbocycles. The number of urea groups is 1. The maximum absolute atomic E-state index is 14.0. The molecule has 0 aromatic heterocycles. The van der Waals surface area contributed by atoms with Crippen molar-refractivity contribution in [1.29, 1.82) is 0 Å². The summed E-state index contributed by atoms with van der Waals surface area (Å²) in [6.45, 7) is 2.44. The summed E-state index contributed by atoms with van der Waals surface area (Å²) >= 11 is 6.08. The van der Waals surface area contributed by atoms with Crippen LogP contribution in [-0.2, 0) is 22.6 Å². The predicted octanol–water partition coefficient (Wildman–Crippen LogP) is 4.59. The summed E-state index contributed by atoms with van der Waals surface area (Å²) in [6, 6.07) is 20.6. The van der Waals surface area contributed by atoms with Crippen LogP contribution in [0.5, 0.6) is 0 Å². The summed E-state index contributed by atoms with van der Waals surface area (Å²) < 4.78 is 13.7. The Morgan fingerprint density at radius 2 is 1.77 bits per heavy atom. The van der Waals surface area contributed by atoms with Crippen LogP contribution in [0.4, 0.5) is 9.18 Å². The van der Waals surface area contributed by atoms with Gasteiger partial charge in [0.05, 0.1) is 23.9 Å². The molecule has 0 aliphatic carbocycles. The van der Waals surface area contributed by atoms with Gasteiger partial charge in [0.2, 0.25) is 5.91 Å². The van der Waals surface area contributed by atoms with E-state index in [9.17, 15) is 18.8 Å². The third-order valence-electron chi connectivity index (χ3n) is 7.08. The minimum atomic E-state index is -0.848. The molecule has 0 radical (unpaired) electrons. The van der Waals surface area contributed by atoms with Crippen LogP contribution >= 0.6 is 11.6 Å². The molecule has 2 atom stereocenters. The van der Waals surface area contributed by atoms with E-state index in [1.165, 1.54) is 17.0 Å². The summed E-state index contributed by atoms with van der Waals surface area (Å²) in [5.41, 5.74) is 3.25. The lowest BCUT2D eigenvalue weighted by Gasteiger charge is -2.32. The number of carbonyl (C=O) groups is 3. The molecule has 0 bridgehead atoms. The van der Waals surface area contributed by atoms with Crippen LogP contribution in [0, 0.1) is 5.82 Å². The molecular formula is C30H28ClFN4O3. The van der Waals surface area contributed by atoms with E-state index in [1.54, 1.807) is 41.3 Å². The Morgan fingerprint density at radius 3 is 2.46 bits per heavy atom. The number of nitrogens with zero attached hydrogens (tertiary/aromatic N) is 2. The molecular weight excluding hydrogens is 519 g/mol. The zero-order chi connectivity index (χ0) is 27.5. The Hall–Kier alpha value is -4.17. The molecule has 2 unspecified atom stereocenters. The first-order valence-electron chi connectivity index (χ1n) is 12.8. The molecule has 0 spiro atoms. The van der Waals surface area contributed by atoms with Gasteiger partial charge in [-0.3, -0.25) is 14.5 Å². The number of amides is 4. The van der Waals surface area contributed by atoms with Gasteiger partial charge >= 0.3 is 6.03 Å². The van der Waals surface area contributed by atoms with Crippen LogP contribution in [0.15, 0.2) is 90.1 Å². The van der Waals surface area contributed by atoms with E-state index in [4.69, 9.17) is 11.6 Å². The van der Waals surface area contributed by atoms with Gasteiger partial charge in [-0.2, -0.15) is 0 Å². The van der Waals surface area contributed by atoms with Gasteiger partial charge in [-0.1, -0.05) is 66.2 Å². The Labute approximate surface area is 231 Å². The number of halogens is 2. The van der Waals surface area contributed by atoms with Gasteiger partial charge in [-0.25, -0.2) is 9.18 Å². The van der Waals surface area contributed by atoms with Crippen molar-refractivity contribution in [1.82, 2.24) is 20.4 Å². The fourth-order valence-corrected chi connectivity index (χ4v) is 5.27. The molecule has 3 aromatic rings. The first-order valence-corrected chi connectivity index (χ1v) is 13.2. The van der Waals surface area contributed by atoms with Gasteiger partial charge in [0, 0.05) is 24.5 Å². The molecule has 0 fully saturated rings. The predicted molar refractivity (Wildman–Crippen MR) is 146 cm³/mol. The number of likely N-dealkylation sites (N-methyl/N-ethyl adjacent to an activating group) is 1. The molecule has 7 nitrogen and oxygen atoms in total. The molecule has 2 aliphatic heterocycles. The monoisotopic (exact) mass is 546 g/mol. The van der Waals surface area contributed by atoms with Crippen LogP contribution in [0.1, 0.15) is 29.7 Å². The minimum Gasteiger partial charge on any atom is -0.350 e. The van der Waals surface area contributed by atoms with E-state index >= 15 is 0 Å². The van der Waals surface area contributed by atoms with Gasteiger partial charge in [0.1, 0.15) is 11.9 Å². The van der Waals surface area contributed by atoms with Gasteiger partial charge < -0.3 is 15.5 Å². The van der Waals surface area contributed by atoms with Crippen molar-refractivity contribution in [2.45, 2.75) is 32.0 Å². The Morgan fingerprint density at radius 1 is 1.05 bits per heavy atom.